The number of rotatable bonds is 8. The Kier molecular flexibility index (Phi) is 6.97. The van der Waals surface area contributed by atoms with Crippen LogP contribution in [-0.4, -0.2) is 58.2 Å². The Morgan fingerprint density at radius 3 is 2.79 bits per heavy atom. The lowest BCUT2D eigenvalue weighted by atomic mass is 10.0. The average molecular weight is 485 g/mol. The summed E-state index contributed by atoms with van der Waals surface area (Å²) < 4.78 is 6.27. The first-order valence-electron chi connectivity index (χ1n) is 10.6. The summed E-state index contributed by atoms with van der Waals surface area (Å²) in [5.41, 5.74) is 1.54. The smallest absolute Gasteiger partial charge is 0.335 e. The van der Waals surface area contributed by atoms with Crippen LogP contribution in [0.15, 0.2) is 59.1 Å². The molecule has 1 aliphatic rings. The van der Waals surface area contributed by atoms with Gasteiger partial charge in [0.25, 0.3) is 0 Å². The van der Waals surface area contributed by atoms with Crippen molar-refractivity contribution in [3.05, 3.63) is 76.8 Å². The number of carboxylic acids is 1. The summed E-state index contributed by atoms with van der Waals surface area (Å²) in [4.78, 5) is 20.2. The molecule has 0 aliphatic carbocycles. The summed E-state index contributed by atoms with van der Waals surface area (Å²) in [5, 5.41) is 13.8. The van der Waals surface area contributed by atoms with Crippen LogP contribution in [0, 0.1) is 0 Å². The molecule has 33 heavy (non-hydrogen) atoms. The van der Waals surface area contributed by atoms with Crippen molar-refractivity contribution in [2.24, 2.45) is 0 Å². The van der Waals surface area contributed by atoms with E-state index in [1.165, 1.54) is 12.1 Å². The summed E-state index contributed by atoms with van der Waals surface area (Å²) in [6.45, 7) is 1.68. The first kappa shape index (κ1) is 23.2. The van der Waals surface area contributed by atoms with Gasteiger partial charge in [-0.1, -0.05) is 17.7 Å². The lowest BCUT2D eigenvalue weighted by Gasteiger charge is -2.26. The van der Waals surface area contributed by atoms with E-state index in [9.17, 15) is 9.90 Å². The molecule has 3 aromatic rings. The van der Waals surface area contributed by atoms with E-state index < -0.39 is 5.97 Å². The molecule has 3 heterocycles. The number of pyridine rings is 1. The number of furan rings is 1. The quantitative estimate of drug-likeness (QED) is 0.448. The molecule has 1 saturated heterocycles. The fourth-order valence-electron chi connectivity index (χ4n) is 4.02. The number of nitrogens with zero attached hydrogens (tertiary/aromatic N) is 3. The Balaban J connectivity index is 1.70. The number of benzene rings is 1. The number of carbonyl (C=O) groups is 1. The number of carboxylic acid groups (broad SMARTS) is 1. The van der Waals surface area contributed by atoms with Crippen LogP contribution in [0.2, 0.25) is 5.02 Å². The molecule has 2 atom stereocenters. The number of halogens is 1. The van der Waals surface area contributed by atoms with E-state index >= 15 is 0 Å². The first-order valence-corrected chi connectivity index (χ1v) is 11.4. The predicted octanol–water partition coefficient (Wildman–Crippen LogP) is 4.62. The van der Waals surface area contributed by atoms with Crippen LogP contribution in [0.5, 0.6) is 0 Å². The Labute approximate surface area is 203 Å². The molecule has 0 saturated carbocycles. The number of thiocarbonyl (C=S) groups is 1. The lowest BCUT2D eigenvalue weighted by Crippen LogP contribution is -2.32. The molecule has 9 heteroatoms. The van der Waals surface area contributed by atoms with Gasteiger partial charge < -0.3 is 24.6 Å². The van der Waals surface area contributed by atoms with E-state index in [0.717, 1.165) is 25.2 Å². The van der Waals surface area contributed by atoms with Gasteiger partial charge >= 0.3 is 5.97 Å². The SMILES string of the molecule is CN(C)CCCN1C(=S)N[C@H](c2ccccn2)[C@@H]1c1ccc(-c2cc(C(=O)O)ccc2Cl)o1. The van der Waals surface area contributed by atoms with Gasteiger partial charge in [-0.3, -0.25) is 4.98 Å². The van der Waals surface area contributed by atoms with Crippen LogP contribution >= 0.6 is 23.8 Å². The zero-order chi connectivity index (χ0) is 23.5. The molecule has 0 spiro atoms. The molecule has 0 radical (unpaired) electrons. The van der Waals surface area contributed by atoms with E-state index in [1.807, 2.05) is 44.4 Å². The normalized spacial score (nSPS) is 18.1. The van der Waals surface area contributed by atoms with E-state index in [1.54, 1.807) is 12.3 Å². The number of hydrogen-bond donors (Lipinski definition) is 2. The number of aromatic nitrogens is 1. The van der Waals surface area contributed by atoms with Crippen LogP contribution in [0.3, 0.4) is 0 Å². The van der Waals surface area contributed by atoms with Crippen LogP contribution in [0.1, 0.15) is 40.3 Å². The molecular weight excluding hydrogens is 460 g/mol. The molecule has 0 bridgehead atoms. The van der Waals surface area contributed by atoms with Gasteiger partial charge in [-0.15, -0.1) is 0 Å². The van der Waals surface area contributed by atoms with Gasteiger partial charge in [-0.25, -0.2) is 4.79 Å². The van der Waals surface area contributed by atoms with Crippen LogP contribution in [0.4, 0.5) is 0 Å². The van der Waals surface area contributed by atoms with Crippen LogP contribution in [0.25, 0.3) is 11.3 Å². The maximum absolute atomic E-state index is 11.4. The number of hydrogen-bond acceptors (Lipinski definition) is 5. The molecule has 172 valence electrons. The Morgan fingerprint density at radius 2 is 2.09 bits per heavy atom. The van der Waals surface area contributed by atoms with Gasteiger partial charge in [0.1, 0.15) is 17.6 Å². The minimum atomic E-state index is -1.02. The minimum absolute atomic E-state index is 0.146. The zero-order valence-corrected chi connectivity index (χ0v) is 19.9. The van der Waals surface area contributed by atoms with E-state index in [-0.39, 0.29) is 17.6 Å². The van der Waals surface area contributed by atoms with Crippen molar-refractivity contribution in [2.75, 3.05) is 27.2 Å². The van der Waals surface area contributed by atoms with E-state index in [2.05, 4.69) is 20.1 Å². The first-order chi connectivity index (χ1) is 15.8. The van der Waals surface area contributed by atoms with Gasteiger partial charge in [0.2, 0.25) is 0 Å². The van der Waals surface area contributed by atoms with Gasteiger partial charge in [-0.05, 0) is 81.7 Å². The van der Waals surface area contributed by atoms with Crippen molar-refractivity contribution in [1.29, 1.82) is 0 Å². The second kappa shape index (κ2) is 9.91. The molecule has 1 fully saturated rings. The standard InChI is InChI=1S/C24H25ClN4O3S/c1-28(2)12-5-13-29-22(21(27-24(29)33)18-6-3-4-11-26-18)20-10-9-19(32-20)16-14-15(23(30)31)7-8-17(16)25/h3-4,6-11,14,21-22H,5,12-13H2,1-2H3,(H,27,33)(H,30,31)/t21-,22+/m1/s1. The molecule has 7 nitrogen and oxygen atoms in total. The fourth-order valence-corrected chi connectivity index (χ4v) is 4.56. The maximum atomic E-state index is 11.4. The molecule has 2 N–H and O–H groups in total. The molecule has 1 aliphatic heterocycles. The van der Waals surface area contributed by atoms with Crippen molar-refractivity contribution in [3.63, 3.8) is 0 Å². The van der Waals surface area contributed by atoms with Gasteiger partial charge in [-0.2, -0.15) is 0 Å². The van der Waals surface area contributed by atoms with Crippen LogP contribution < -0.4 is 5.32 Å². The molecule has 4 rings (SSSR count). The lowest BCUT2D eigenvalue weighted by molar-refractivity contribution is 0.0697. The highest BCUT2D eigenvalue weighted by molar-refractivity contribution is 7.80. The zero-order valence-electron chi connectivity index (χ0n) is 18.4. The monoisotopic (exact) mass is 484 g/mol. The fraction of sp³-hybridized carbons (Fsp3) is 0.292. The highest BCUT2D eigenvalue weighted by Gasteiger charge is 2.41. The third kappa shape index (κ3) is 5.03. The molecule has 0 amide bonds. The molecule has 0 unspecified atom stereocenters. The Morgan fingerprint density at radius 1 is 1.27 bits per heavy atom. The average Bonchev–Trinajstić information content (AvgIpc) is 3.39. The van der Waals surface area contributed by atoms with Crippen molar-refractivity contribution in [1.82, 2.24) is 20.1 Å². The van der Waals surface area contributed by atoms with E-state index in [0.29, 0.717) is 27.2 Å². The summed E-state index contributed by atoms with van der Waals surface area (Å²) in [6.07, 6.45) is 2.69. The Hall–Kier alpha value is -2.94. The van der Waals surface area contributed by atoms with Crippen molar-refractivity contribution < 1.29 is 14.3 Å². The van der Waals surface area contributed by atoms with Crippen molar-refractivity contribution in [3.8, 4) is 11.3 Å². The summed E-state index contributed by atoms with van der Waals surface area (Å²) in [5.74, 6) is 0.186. The Bertz CT molecular complexity index is 1150. The highest BCUT2D eigenvalue weighted by atomic mass is 35.5. The topological polar surface area (TPSA) is 81.8 Å². The maximum Gasteiger partial charge on any atom is 0.335 e. The summed E-state index contributed by atoms with van der Waals surface area (Å²) >= 11 is 12.1. The number of nitrogens with one attached hydrogen (secondary N) is 1. The molecule has 1 aromatic carbocycles. The third-order valence-corrected chi connectivity index (χ3v) is 6.28. The second-order valence-corrected chi connectivity index (χ2v) is 8.97. The highest BCUT2D eigenvalue weighted by Crippen LogP contribution is 2.41. The second-order valence-electron chi connectivity index (χ2n) is 8.18. The van der Waals surface area contributed by atoms with Gasteiger partial charge in [0.05, 0.1) is 22.3 Å². The summed E-state index contributed by atoms with van der Waals surface area (Å²) in [7, 11) is 4.09. The van der Waals surface area contributed by atoms with Gasteiger partial charge in [0, 0.05) is 18.3 Å². The predicted molar refractivity (Wildman–Crippen MR) is 131 cm³/mol. The minimum Gasteiger partial charge on any atom is -0.478 e. The van der Waals surface area contributed by atoms with Gasteiger partial charge in [0.15, 0.2) is 5.11 Å². The van der Waals surface area contributed by atoms with Crippen molar-refractivity contribution >= 4 is 34.9 Å². The molecular formula is C24H25ClN4O3S. The van der Waals surface area contributed by atoms with E-state index in [4.69, 9.17) is 28.2 Å². The largest absolute Gasteiger partial charge is 0.478 e. The number of aromatic carboxylic acids is 1. The van der Waals surface area contributed by atoms with Crippen molar-refractivity contribution in [2.45, 2.75) is 18.5 Å². The third-order valence-electron chi connectivity index (χ3n) is 5.60. The molecule has 2 aromatic heterocycles. The summed E-state index contributed by atoms with van der Waals surface area (Å²) in [6, 6.07) is 13.7. The van der Waals surface area contributed by atoms with Crippen LogP contribution in [-0.2, 0) is 0 Å².